The standard InChI is InChI=1S/C21H20BrF3N2O3/c1-30-19(28)16-12-14(22)6-7-18(16)26-20(29)27-10-8-13(9-11-27)15-4-2-3-5-17(15)21(23,24)25/h2-7,12-13H,8-11H2,1H3,(H,26,29). The van der Waals surface area contributed by atoms with Gasteiger partial charge in [0.15, 0.2) is 0 Å². The van der Waals surface area contributed by atoms with E-state index in [9.17, 15) is 22.8 Å². The number of nitrogens with zero attached hydrogens (tertiary/aromatic N) is 1. The second-order valence-corrected chi connectivity index (χ2v) is 7.87. The van der Waals surface area contributed by atoms with E-state index >= 15 is 0 Å². The van der Waals surface area contributed by atoms with Crippen LogP contribution in [0, 0.1) is 0 Å². The Hall–Kier alpha value is -2.55. The van der Waals surface area contributed by atoms with Crippen LogP contribution in [0.2, 0.25) is 0 Å². The number of halogens is 4. The number of esters is 1. The van der Waals surface area contributed by atoms with E-state index in [1.165, 1.54) is 24.1 Å². The van der Waals surface area contributed by atoms with Gasteiger partial charge in [0.05, 0.1) is 23.9 Å². The van der Waals surface area contributed by atoms with Crippen molar-refractivity contribution in [1.29, 1.82) is 0 Å². The van der Waals surface area contributed by atoms with Crippen molar-refractivity contribution in [3.05, 3.63) is 63.6 Å². The lowest BCUT2D eigenvalue weighted by atomic mass is 9.86. The summed E-state index contributed by atoms with van der Waals surface area (Å²) in [6.45, 7) is 0.625. The lowest BCUT2D eigenvalue weighted by molar-refractivity contribution is -0.138. The number of piperidine rings is 1. The molecule has 2 amide bonds. The van der Waals surface area contributed by atoms with Crippen molar-refractivity contribution in [2.24, 2.45) is 0 Å². The van der Waals surface area contributed by atoms with Gasteiger partial charge in [-0.25, -0.2) is 9.59 Å². The maximum absolute atomic E-state index is 13.3. The minimum absolute atomic E-state index is 0.203. The lowest BCUT2D eigenvalue weighted by Gasteiger charge is -2.33. The number of nitrogens with one attached hydrogen (secondary N) is 1. The largest absolute Gasteiger partial charge is 0.465 e. The molecule has 0 aromatic heterocycles. The molecule has 1 N–H and O–H groups in total. The quantitative estimate of drug-likeness (QED) is 0.571. The van der Waals surface area contributed by atoms with Gasteiger partial charge >= 0.3 is 18.2 Å². The third-order valence-corrected chi connectivity index (χ3v) is 5.61. The van der Waals surface area contributed by atoms with Gasteiger partial charge in [0, 0.05) is 17.6 Å². The van der Waals surface area contributed by atoms with E-state index in [0.29, 0.717) is 36.1 Å². The highest BCUT2D eigenvalue weighted by Crippen LogP contribution is 2.38. The molecule has 2 aromatic carbocycles. The number of ether oxygens (including phenoxy) is 1. The molecule has 9 heteroatoms. The maximum Gasteiger partial charge on any atom is 0.416 e. The van der Waals surface area contributed by atoms with Crippen molar-refractivity contribution in [3.63, 3.8) is 0 Å². The minimum atomic E-state index is -4.41. The summed E-state index contributed by atoms with van der Waals surface area (Å²) >= 11 is 3.27. The number of hydrogen-bond donors (Lipinski definition) is 1. The van der Waals surface area contributed by atoms with Crippen LogP contribution in [0.3, 0.4) is 0 Å². The summed E-state index contributed by atoms with van der Waals surface area (Å²) in [5.74, 6) is -0.862. The molecule has 0 spiro atoms. The molecule has 0 unspecified atom stereocenters. The molecular formula is C21H20BrF3N2O3. The average molecular weight is 485 g/mol. The van der Waals surface area contributed by atoms with Crippen LogP contribution in [0.25, 0.3) is 0 Å². The highest BCUT2D eigenvalue weighted by molar-refractivity contribution is 9.10. The number of amides is 2. The van der Waals surface area contributed by atoms with Crippen molar-refractivity contribution in [3.8, 4) is 0 Å². The molecule has 0 bridgehead atoms. The maximum atomic E-state index is 13.3. The number of methoxy groups -OCH3 is 1. The second-order valence-electron chi connectivity index (χ2n) is 6.96. The zero-order valence-electron chi connectivity index (χ0n) is 16.1. The topological polar surface area (TPSA) is 58.6 Å². The van der Waals surface area contributed by atoms with E-state index in [4.69, 9.17) is 4.74 Å². The smallest absolute Gasteiger partial charge is 0.416 e. The van der Waals surface area contributed by atoms with Crippen LogP contribution in [0.5, 0.6) is 0 Å². The zero-order chi connectivity index (χ0) is 21.9. The first-order valence-corrected chi connectivity index (χ1v) is 10.1. The van der Waals surface area contributed by atoms with E-state index in [-0.39, 0.29) is 17.0 Å². The molecule has 1 fully saturated rings. The molecular weight excluding hydrogens is 465 g/mol. The van der Waals surface area contributed by atoms with Gasteiger partial charge in [0.1, 0.15) is 0 Å². The number of carbonyl (C=O) groups is 2. The SMILES string of the molecule is COC(=O)c1cc(Br)ccc1NC(=O)N1CCC(c2ccccc2C(F)(F)F)CC1. The van der Waals surface area contributed by atoms with Gasteiger partial charge in [-0.05, 0) is 48.6 Å². The van der Waals surface area contributed by atoms with E-state index in [0.717, 1.165) is 6.07 Å². The number of rotatable bonds is 3. The van der Waals surface area contributed by atoms with Crippen molar-refractivity contribution < 1.29 is 27.5 Å². The Morgan fingerprint density at radius 2 is 1.80 bits per heavy atom. The molecule has 5 nitrogen and oxygen atoms in total. The zero-order valence-corrected chi connectivity index (χ0v) is 17.7. The van der Waals surface area contributed by atoms with Crippen LogP contribution in [0.15, 0.2) is 46.9 Å². The predicted molar refractivity (Wildman–Crippen MR) is 109 cm³/mol. The van der Waals surface area contributed by atoms with E-state index < -0.39 is 23.7 Å². The number of benzene rings is 2. The molecule has 1 aliphatic heterocycles. The fourth-order valence-corrected chi connectivity index (χ4v) is 3.96. The molecule has 0 radical (unpaired) electrons. The molecule has 1 saturated heterocycles. The normalized spacial score (nSPS) is 15.0. The summed E-state index contributed by atoms with van der Waals surface area (Å²) < 4.78 is 45.3. The average Bonchev–Trinajstić information content (AvgIpc) is 2.74. The number of anilines is 1. The van der Waals surface area contributed by atoms with Crippen LogP contribution in [0.1, 0.15) is 40.2 Å². The summed E-state index contributed by atoms with van der Waals surface area (Å²) in [5.41, 5.74) is 0.158. The monoisotopic (exact) mass is 484 g/mol. The highest BCUT2D eigenvalue weighted by Gasteiger charge is 2.36. The van der Waals surface area contributed by atoms with Crippen molar-refractivity contribution in [1.82, 2.24) is 4.90 Å². The first-order chi connectivity index (χ1) is 14.2. The van der Waals surface area contributed by atoms with Gasteiger partial charge in [-0.2, -0.15) is 13.2 Å². The molecule has 0 aliphatic carbocycles. The fraction of sp³-hybridized carbons (Fsp3) is 0.333. The number of likely N-dealkylation sites (tertiary alicyclic amines) is 1. The van der Waals surface area contributed by atoms with Crippen molar-refractivity contribution in [2.45, 2.75) is 24.9 Å². The Kier molecular flexibility index (Phi) is 6.70. The Labute approximate surface area is 180 Å². The summed E-state index contributed by atoms with van der Waals surface area (Å²) in [6, 6.07) is 9.98. The molecule has 0 atom stereocenters. The number of hydrogen-bond acceptors (Lipinski definition) is 3. The van der Waals surface area contributed by atoms with Gasteiger partial charge in [0.2, 0.25) is 0 Å². The van der Waals surface area contributed by atoms with Crippen LogP contribution >= 0.6 is 15.9 Å². The Morgan fingerprint density at radius 3 is 2.43 bits per heavy atom. The van der Waals surface area contributed by atoms with E-state index in [1.54, 1.807) is 24.3 Å². The van der Waals surface area contributed by atoms with Crippen molar-refractivity contribution in [2.75, 3.05) is 25.5 Å². The molecule has 3 rings (SSSR count). The summed E-state index contributed by atoms with van der Waals surface area (Å²) in [5, 5.41) is 2.70. The summed E-state index contributed by atoms with van der Waals surface area (Å²) in [6.07, 6.45) is -3.56. The lowest BCUT2D eigenvalue weighted by Crippen LogP contribution is -2.41. The molecule has 2 aromatic rings. The van der Waals surface area contributed by atoms with Gasteiger partial charge in [0.25, 0.3) is 0 Å². The molecule has 30 heavy (non-hydrogen) atoms. The number of carbonyl (C=O) groups excluding carboxylic acids is 2. The van der Waals surface area contributed by atoms with E-state index in [1.807, 2.05) is 0 Å². The second kappa shape index (κ2) is 9.07. The van der Waals surface area contributed by atoms with Crippen molar-refractivity contribution >= 4 is 33.6 Å². The molecule has 0 saturated carbocycles. The third kappa shape index (κ3) is 4.95. The van der Waals surface area contributed by atoms with Crippen LogP contribution in [-0.2, 0) is 10.9 Å². The number of alkyl halides is 3. The fourth-order valence-electron chi connectivity index (χ4n) is 3.60. The molecule has 1 aliphatic rings. The van der Waals surface area contributed by atoms with Gasteiger partial charge in [-0.1, -0.05) is 34.1 Å². The van der Waals surface area contributed by atoms with E-state index in [2.05, 4.69) is 21.2 Å². The van der Waals surface area contributed by atoms with Gasteiger partial charge < -0.3 is 15.0 Å². The Bertz CT molecular complexity index is 941. The summed E-state index contributed by atoms with van der Waals surface area (Å²) in [7, 11) is 1.25. The predicted octanol–water partition coefficient (Wildman–Crippen LogP) is 5.67. The van der Waals surface area contributed by atoms with Gasteiger partial charge in [-0.15, -0.1) is 0 Å². The first kappa shape index (κ1) is 22.1. The Balaban J connectivity index is 1.68. The first-order valence-electron chi connectivity index (χ1n) is 9.30. The van der Waals surface area contributed by atoms with Crippen LogP contribution in [-0.4, -0.2) is 37.1 Å². The Morgan fingerprint density at radius 1 is 1.13 bits per heavy atom. The minimum Gasteiger partial charge on any atom is -0.465 e. The summed E-state index contributed by atoms with van der Waals surface area (Å²) in [4.78, 5) is 26.2. The molecule has 160 valence electrons. The third-order valence-electron chi connectivity index (χ3n) is 5.12. The van der Waals surface area contributed by atoms with Crippen LogP contribution < -0.4 is 5.32 Å². The van der Waals surface area contributed by atoms with Crippen LogP contribution in [0.4, 0.5) is 23.7 Å². The highest BCUT2D eigenvalue weighted by atomic mass is 79.9. The van der Waals surface area contributed by atoms with Gasteiger partial charge in [-0.3, -0.25) is 0 Å². The number of urea groups is 1. The molecule has 1 heterocycles.